The van der Waals surface area contributed by atoms with Gasteiger partial charge >= 0.3 is 0 Å². The van der Waals surface area contributed by atoms with E-state index >= 15 is 0 Å². The number of ether oxygens (including phenoxy) is 1. The van der Waals surface area contributed by atoms with E-state index in [1.54, 1.807) is 12.1 Å². The van der Waals surface area contributed by atoms with Crippen LogP contribution in [0.4, 0.5) is 10.1 Å². The van der Waals surface area contributed by atoms with Gasteiger partial charge in [0.1, 0.15) is 19.0 Å². The molecule has 0 atom stereocenters. The van der Waals surface area contributed by atoms with Gasteiger partial charge in [0.25, 0.3) is 0 Å². The molecule has 0 saturated carbocycles. The van der Waals surface area contributed by atoms with E-state index in [2.05, 4.69) is 17.2 Å². The van der Waals surface area contributed by atoms with Crippen molar-refractivity contribution in [1.82, 2.24) is 0 Å². The summed E-state index contributed by atoms with van der Waals surface area (Å²) in [6.07, 6.45) is 0. The van der Waals surface area contributed by atoms with E-state index in [1.807, 2.05) is 43.4 Å². The smallest absolute Gasteiger partial charge is 0.123 e. The number of hydrogen-bond acceptors (Lipinski definition) is 2. The highest BCUT2D eigenvalue weighted by Crippen LogP contribution is 2.12. The predicted molar refractivity (Wildman–Crippen MR) is 79.9 cm³/mol. The highest BCUT2D eigenvalue weighted by Gasteiger charge is 1.93. The molecule has 102 valence electrons. The van der Waals surface area contributed by atoms with Gasteiger partial charge in [-0.15, -0.1) is 0 Å². The van der Waals surface area contributed by atoms with E-state index in [-0.39, 0.29) is 6.61 Å². The molecule has 2 rings (SSSR count). The van der Waals surface area contributed by atoms with Crippen LogP contribution in [0.2, 0.25) is 0 Å². The fraction of sp³-hybridized carbons (Fsp3) is 0.176. The van der Waals surface area contributed by atoms with Crippen LogP contribution >= 0.6 is 0 Å². The quantitative estimate of drug-likeness (QED) is 0.858. The van der Waals surface area contributed by atoms with Gasteiger partial charge in [0.2, 0.25) is 0 Å². The minimum absolute atomic E-state index is 0.0861. The van der Waals surface area contributed by atoms with Crippen LogP contribution in [-0.4, -0.2) is 20.3 Å². The van der Waals surface area contributed by atoms with Crippen LogP contribution in [0.3, 0.4) is 0 Å². The van der Waals surface area contributed by atoms with Crippen molar-refractivity contribution < 1.29 is 9.13 Å². The summed E-state index contributed by atoms with van der Waals surface area (Å²) in [6.45, 7) is -0.396. The maximum atomic E-state index is 12.0. The van der Waals surface area contributed by atoms with Crippen molar-refractivity contribution >= 4 is 5.69 Å². The normalized spacial score (nSPS) is 9.50. The first kappa shape index (κ1) is 14.0. The summed E-state index contributed by atoms with van der Waals surface area (Å²) >= 11 is 0. The summed E-state index contributed by atoms with van der Waals surface area (Å²) in [6, 6.07) is 15.2. The molecule has 0 aliphatic rings. The summed E-state index contributed by atoms with van der Waals surface area (Å²) in [5, 5.41) is 3.06. The number of nitrogens with one attached hydrogen (secondary N) is 1. The van der Waals surface area contributed by atoms with Gasteiger partial charge in [-0.05, 0) is 48.5 Å². The van der Waals surface area contributed by atoms with Crippen molar-refractivity contribution in [2.75, 3.05) is 25.6 Å². The zero-order valence-corrected chi connectivity index (χ0v) is 11.3. The average Bonchev–Trinajstić information content (AvgIpc) is 2.52. The third-order valence-corrected chi connectivity index (χ3v) is 2.72. The molecule has 0 saturated heterocycles. The molecule has 0 fully saturated rings. The van der Waals surface area contributed by atoms with Crippen LogP contribution in [0.1, 0.15) is 11.1 Å². The molecule has 0 aromatic heterocycles. The van der Waals surface area contributed by atoms with Crippen molar-refractivity contribution in [2.24, 2.45) is 0 Å². The monoisotopic (exact) mass is 269 g/mol. The summed E-state index contributed by atoms with van der Waals surface area (Å²) in [5.41, 5.74) is 2.92. The van der Waals surface area contributed by atoms with Crippen molar-refractivity contribution in [3.8, 4) is 17.6 Å². The Morgan fingerprint density at radius 2 is 1.50 bits per heavy atom. The number of alkyl halides is 1. The van der Waals surface area contributed by atoms with Crippen LogP contribution < -0.4 is 10.1 Å². The second kappa shape index (κ2) is 7.20. The van der Waals surface area contributed by atoms with E-state index in [4.69, 9.17) is 4.74 Å². The van der Waals surface area contributed by atoms with Gasteiger partial charge < -0.3 is 10.1 Å². The minimum Gasteiger partial charge on any atom is -0.491 e. The number of benzene rings is 2. The van der Waals surface area contributed by atoms with Crippen molar-refractivity contribution in [1.29, 1.82) is 0 Å². The fourth-order valence-electron chi connectivity index (χ4n) is 1.66. The molecule has 0 aliphatic heterocycles. The van der Waals surface area contributed by atoms with Gasteiger partial charge in [0.05, 0.1) is 0 Å². The molecule has 20 heavy (non-hydrogen) atoms. The van der Waals surface area contributed by atoms with Gasteiger partial charge in [-0.25, -0.2) is 4.39 Å². The lowest BCUT2D eigenvalue weighted by atomic mass is 10.1. The SMILES string of the molecule is CNc1ccc(C#Cc2ccc(OCCF)cc2)cc1. The Morgan fingerprint density at radius 1 is 0.950 bits per heavy atom. The Labute approximate surface area is 118 Å². The molecular weight excluding hydrogens is 253 g/mol. The third-order valence-electron chi connectivity index (χ3n) is 2.72. The molecule has 3 heteroatoms. The lowest BCUT2D eigenvalue weighted by Gasteiger charge is -2.02. The molecule has 0 aliphatic carbocycles. The van der Waals surface area contributed by atoms with Gasteiger partial charge in [-0.2, -0.15) is 0 Å². The maximum Gasteiger partial charge on any atom is 0.123 e. The highest BCUT2D eigenvalue weighted by molar-refractivity contribution is 5.50. The van der Waals surface area contributed by atoms with E-state index in [0.29, 0.717) is 5.75 Å². The number of hydrogen-bond donors (Lipinski definition) is 1. The summed E-state index contributed by atoms with van der Waals surface area (Å²) in [5.74, 6) is 6.84. The Hall–Kier alpha value is -2.47. The second-order valence-corrected chi connectivity index (χ2v) is 4.14. The van der Waals surface area contributed by atoms with Crippen LogP contribution in [0.25, 0.3) is 0 Å². The summed E-state index contributed by atoms with van der Waals surface area (Å²) in [7, 11) is 1.88. The van der Waals surface area contributed by atoms with Crippen molar-refractivity contribution in [2.45, 2.75) is 0 Å². The van der Waals surface area contributed by atoms with E-state index in [1.165, 1.54) is 0 Å². The van der Waals surface area contributed by atoms with E-state index < -0.39 is 6.67 Å². The van der Waals surface area contributed by atoms with E-state index in [0.717, 1.165) is 16.8 Å². The molecule has 0 heterocycles. The van der Waals surface area contributed by atoms with E-state index in [9.17, 15) is 4.39 Å². The minimum atomic E-state index is -0.482. The Morgan fingerprint density at radius 3 is 2.00 bits per heavy atom. The van der Waals surface area contributed by atoms with Crippen LogP contribution in [0, 0.1) is 11.8 Å². The number of rotatable bonds is 4. The topological polar surface area (TPSA) is 21.3 Å². The fourth-order valence-corrected chi connectivity index (χ4v) is 1.66. The summed E-state index contributed by atoms with van der Waals surface area (Å²) < 4.78 is 17.1. The first-order chi connectivity index (χ1) is 9.81. The zero-order valence-electron chi connectivity index (χ0n) is 11.3. The second-order valence-electron chi connectivity index (χ2n) is 4.14. The lowest BCUT2D eigenvalue weighted by molar-refractivity contribution is 0.273. The Bertz CT molecular complexity index is 594. The van der Waals surface area contributed by atoms with Crippen LogP contribution in [0.15, 0.2) is 48.5 Å². The first-order valence-electron chi connectivity index (χ1n) is 6.40. The zero-order chi connectivity index (χ0) is 14.2. The van der Waals surface area contributed by atoms with Gasteiger partial charge in [0.15, 0.2) is 0 Å². The summed E-state index contributed by atoms with van der Waals surface area (Å²) in [4.78, 5) is 0. The highest BCUT2D eigenvalue weighted by atomic mass is 19.1. The number of anilines is 1. The molecule has 1 N–H and O–H groups in total. The van der Waals surface area contributed by atoms with Gasteiger partial charge in [0, 0.05) is 23.9 Å². The largest absolute Gasteiger partial charge is 0.491 e. The van der Waals surface area contributed by atoms with Crippen molar-refractivity contribution in [3.05, 3.63) is 59.7 Å². The third kappa shape index (κ3) is 4.03. The molecule has 2 aromatic carbocycles. The molecule has 0 spiro atoms. The lowest BCUT2D eigenvalue weighted by Crippen LogP contribution is -1.98. The molecular formula is C17H16FNO. The molecule has 2 nitrogen and oxygen atoms in total. The average molecular weight is 269 g/mol. The van der Waals surface area contributed by atoms with Crippen LogP contribution in [-0.2, 0) is 0 Å². The van der Waals surface area contributed by atoms with Crippen molar-refractivity contribution in [3.63, 3.8) is 0 Å². The molecule has 0 radical (unpaired) electrons. The Kier molecular flexibility index (Phi) is 5.02. The molecule has 0 bridgehead atoms. The first-order valence-corrected chi connectivity index (χ1v) is 6.40. The Balaban J connectivity index is 2.04. The predicted octanol–water partition coefficient (Wildman–Crippen LogP) is 3.48. The standard InChI is InChI=1S/C17H16FNO/c1-19-16-8-4-14(5-9-16)2-3-15-6-10-17(11-7-15)20-13-12-18/h4-11,19H,12-13H2,1H3. The number of halogens is 1. The molecule has 2 aromatic rings. The maximum absolute atomic E-state index is 12.0. The van der Waals surface area contributed by atoms with Gasteiger partial charge in [-0.3, -0.25) is 0 Å². The van der Waals surface area contributed by atoms with Gasteiger partial charge in [-0.1, -0.05) is 11.8 Å². The molecule has 0 amide bonds. The molecule has 0 unspecified atom stereocenters. The van der Waals surface area contributed by atoms with Crippen LogP contribution in [0.5, 0.6) is 5.75 Å².